The molecule has 0 unspecified atom stereocenters. The van der Waals surface area contributed by atoms with Gasteiger partial charge in [0.05, 0.1) is 19.8 Å². The number of hydrogen-bond acceptors (Lipinski definition) is 5. The van der Waals surface area contributed by atoms with Crippen molar-refractivity contribution < 1.29 is 19.2 Å². The Morgan fingerprint density at radius 1 is 1.03 bits per heavy atom. The molecule has 8 nitrogen and oxygen atoms in total. The lowest BCUT2D eigenvalue weighted by molar-refractivity contribution is -0.937. The first kappa shape index (κ1) is 21.7. The maximum Gasteiger partial charge on any atom is 0.309 e. The smallest absolute Gasteiger partial charge is 0.309 e. The SMILES string of the molecule is CN(C)c1ccc([C@H](CNC(=O)C(=O)NCc2ccncc2)[NH+]2CCOCC2)cc1. The van der Waals surface area contributed by atoms with Crippen LogP contribution in [0.5, 0.6) is 0 Å². The molecule has 1 aliphatic heterocycles. The van der Waals surface area contributed by atoms with Gasteiger partial charge in [0.2, 0.25) is 0 Å². The molecule has 1 atom stereocenters. The Kier molecular flexibility index (Phi) is 7.75. The Hall–Kier alpha value is -2.97. The molecule has 160 valence electrons. The number of carbonyl (C=O) groups excluding carboxylic acids is 2. The van der Waals surface area contributed by atoms with Crippen LogP contribution in [0.25, 0.3) is 0 Å². The number of morpholine rings is 1. The summed E-state index contributed by atoms with van der Waals surface area (Å²) in [5.41, 5.74) is 3.15. The first-order valence-electron chi connectivity index (χ1n) is 10.2. The second-order valence-electron chi connectivity index (χ2n) is 7.56. The third-order valence-corrected chi connectivity index (χ3v) is 5.32. The number of aromatic nitrogens is 1. The summed E-state index contributed by atoms with van der Waals surface area (Å²) in [5, 5.41) is 5.47. The van der Waals surface area contributed by atoms with Crippen LogP contribution >= 0.6 is 0 Å². The minimum atomic E-state index is -0.634. The van der Waals surface area contributed by atoms with Crippen molar-refractivity contribution in [3.8, 4) is 0 Å². The average molecular weight is 413 g/mol. The second kappa shape index (κ2) is 10.7. The van der Waals surface area contributed by atoms with Gasteiger partial charge < -0.3 is 25.2 Å². The van der Waals surface area contributed by atoms with Crippen LogP contribution in [-0.2, 0) is 20.9 Å². The Morgan fingerprint density at radius 2 is 1.67 bits per heavy atom. The van der Waals surface area contributed by atoms with E-state index in [-0.39, 0.29) is 6.04 Å². The molecule has 0 radical (unpaired) electrons. The summed E-state index contributed by atoms with van der Waals surface area (Å²) in [5.74, 6) is -1.25. The number of hydrogen-bond donors (Lipinski definition) is 3. The molecular formula is C22H30N5O3+. The lowest BCUT2D eigenvalue weighted by Crippen LogP contribution is -3.15. The van der Waals surface area contributed by atoms with Gasteiger partial charge in [0, 0.05) is 44.3 Å². The van der Waals surface area contributed by atoms with Crippen LogP contribution in [0.4, 0.5) is 5.69 Å². The molecule has 1 aliphatic rings. The molecule has 0 bridgehead atoms. The molecule has 0 aliphatic carbocycles. The van der Waals surface area contributed by atoms with Crippen molar-refractivity contribution in [2.45, 2.75) is 12.6 Å². The molecule has 1 aromatic carbocycles. The van der Waals surface area contributed by atoms with Crippen LogP contribution in [0, 0.1) is 0 Å². The highest BCUT2D eigenvalue weighted by Gasteiger charge is 2.27. The van der Waals surface area contributed by atoms with E-state index in [2.05, 4.69) is 44.8 Å². The fraction of sp³-hybridized carbons (Fsp3) is 0.409. The van der Waals surface area contributed by atoms with Crippen LogP contribution in [0.15, 0.2) is 48.8 Å². The lowest BCUT2D eigenvalue weighted by atomic mass is 10.0. The summed E-state index contributed by atoms with van der Waals surface area (Å²) in [6.45, 7) is 3.80. The monoisotopic (exact) mass is 412 g/mol. The maximum absolute atomic E-state index is 12.4. The van der Waals surface area contributed by atoms with E-state index in [0.717, 1.165) is 29.9 Å². The molecule has 0 spiro atoms. The zero-order chi connectivity index (χ0) is 21.3. The largest absolute Gasteiger partial charge is 0.378 e. The molecule has 1 saturated heterocycles. The summed E-state index contributed by atoms with van der Waals surface area (Å²) in [6, 6.07) is 12.0. The van der Waals surface area contributed by atoms with E-state index in [9.17, 15) is 9.59 Å². The molecule has 30 heavy (non-hydrogen) atoms. The average Bonchev–Trinajstić information content (AvgIpc) is 2.79. The predicted octanol–water partition coefficient (Wildman–Crippen LogP) is -0.464. The van der Waals surface area contributed by atoms with Gasteiger partial charge in [0.25, 0.3) is 0 Å². The molecule has 3 rings (SSSR count). The van der Waals surface area contributed by atoms with E-state index in [1.807, 2.05) is 14.1 Å². The molecule has 2 amide bonds. The van der Waals surface area contributed by atoms with Crippen molar-refractivity contribution in [1.29, 1.82) is 0 Å². The Morgan fingerprint density at radius 3 is 2.30 bits per heavy atom. The van der Waals surface area contributed by atoms with Crippen molar-refractivity contribution in [2.24, 2.45) is 0 Å². The minimum Gasteiger partial charge on any atom is -0.378 e. The van der Waals surface area contributed by atoms with Gasteiger partial charge >= 0.3 is 11.8 Å². The van der Waals surface area contributed by atoms with Gasteiger partial charge in [-0.05, 0) is 29.8 Å². The molecule has 0 saturated carbocycles. The zero-order valence-corrected chi connectivity index (χ0v) is 17.6. The molecule has 2 heterocycles. The third-order valence-electron chi connectivity index (χ3n) is 5.32. The number of quaternary nitrogens is 1. The highest BCUT2D eigenvalue weighted by atomic mass is 16.5. The van der Waals surface area contributed by atoms with Gasteiger partial charge in [-0.1, -0.05) is 12.1 Å². The van der Waals surface area contributed by atoms with Gasteiger partial charge in [0.1, 0.15) is 19.1 Å². The molecule has 2 aromatic rings. The van der Waals surface area contributed by atoms with Crippen LogP contribution < -0.4 is 20.4 Å². The summed E-state index contributed by atoms with van der Waals surface area (Å²) >= 11 is 0. The van der Waals surface area contributed by atoms with Crippen molar-refractivity contribution in [3.05, 3.63) is 59.9 Å². The van der Waals surface area contributed by atoms with E-state index < -0.39 is 11.8 Å². The van der Waals surface area contributed by atoms with Crippen LogP contribution in [0.3, 0.4) is 0 Å². The minimum absolute atomic E-state index is 0.0575. The van der Waals surface area contributed by atoms with Gasteiger partial charge in [-0.25, -0.2) is 0 Å². The number of nitrogens with one attached hydrogen (secondary N) is 3. The van der Waals surface area contributed by atoms with Crippen LogP contribution in [-0.4, -0.2) is 63.7 Å². The standard InChI is InChI=1S/C22H29N5O3/c1-26(2)19-5-3-18(4-6-19)20(27-11-13-30-14-12-27)16-25-22(29)21(28)24-15-17-7-9-23-10-8-17/h3-10,20H,11-16H2,1-2H3,(H,24,28)(H,25,29)/p+1/t20-/m0/s1. The van der Waals surface area contributed by atoms with Crippen molar-refractivity contribution in [3.63, 3.8) is 0 Å². The summed E-state index contributed by atoms with van der Waals surface area (Å²) < 4.78 is 5.49. The summed E-state index contributed by atoms with van der Waals surface area (Å²) in [7, 11) is 4.01. The topological polar surface area (TPSA) is 88.0 Å². The van der Waals surface area contributed by atoms with Crippen LogP contribution in [0.1, 0.15) is 17.2 Å². The maximum atomic E-state index is 12.4. The quantitative estimate of drug-likeness (QED) is 0.536. The van der Waals surface area contributed by atoms with Crippen molar-refractivity contribution in [2.75, 3.05) is 51.8 Å². The molecule has 3 N–H and O–H groups in total. The highest BCUT2D eigenvalue weighted by Crippen LogP contribution is 2.16. The van der Waals surface area contributed by atoms with Gasteiger partial charge in [-0.3, -0.25) is 14.6 Å². The van der Waals surface area contributed by atoms with Gasteiger partial charge in [0.15, 0.2) is 0 Å². The number of nitrogens with zero attached hydrogens (tertiary/aromatic N) is 2. The highest BCUT2D eigenvalue weighted by molar-refractivity contribution is 6.35. The van der Waals surface area contributed by atoms with E-state index in [1.165, 1.54) is 4.90 Å². The molecule has 1 aromatic heterocycles. The van der Waals surface area contributed by atoms with Gasteiger partial charge in [-0.2, -0.15) is 0 Å². The van der Waals surface area contributed by atoms with E-state index >= 15 is 0 Å². The normalized spacial score (nSPS) is 15.3. The number of anilines is 1. The second-order valence-corrected chi connectivity index (χ2v) is 7.56. The number of rotatable bonds is 7. The van der Waals surface area contributed by atoms with Crippen molar-refractivity contribution in [1.82, 2.24) is 15.6 Å². The fourth-order valence-electron chi connectivity index (χ4n) is 3.52. The third kappa shape index (κ3) is 6.01. The summed E-state index contributed by atoms with van der Waals surface area (Å²) in [6.07, 6.45) is 3.30. The lowest BCUT2D eigenvalue weighted by Gasteiger charge is -2.32. The fourth-order valence-corrected chi connectivity index (χ4v) is 3.52. The number of ether oxygens (including phenoxy) is 1. The number of amides is 2. The van der Waals surface area contributed by atoms with Gasteiger partial charge in [-0.15, -0.1) is 0 Å². The first-order chi connectivity index (χ1) is 14.5. The summed E-state index contributed by atoms with van der Waals surface area (Å²) in [4.78, 5) is 31.9. The molecule has 8 heteroatoms. The number of carbonyl (C=O) groups is 2. The number of pyridine rings is 1. The molecular weight excluding hydrogens is 382 g/mol. The first-order valence-corrected chi connectivity index (χ1v) is 10.2. The molecule has 1 fully saturated rings. The van der Waals surface area contributed by atoms with E-state index in [0.29, 0.717) is 26.3 Å². The Bertz CT molecular complexity index is 820. The van der Waals surface area contributed by atoms with Crippen LogP contribution in [0.2, 0.25) is 0 Å². The Balaban J connectivity index is 1.61. The predicted molar refractivity (Wildman–Crippen MR) is 114 cm³/mol. The van der Waals surface area contributed by atoms with Crippen molar-refractivity contribution >= 4 is 17.5 Å². The van der Waals surface area contributed by atoms with E-state index in [1.54, 1.807) is 24.5 Å². The zero-order valence-electron chi connectivity index (χ0n) is 17.6. The van der Waals surface area contributed by atoms with E-state index in [4.69, 9.17) is 4.74 Å². The Labute approximate surface area is 177 Å². The number of benzene rings is 1.